The normalized spacial score (nSPS) is 10.9. The lowest BCUT2D eigenvalue weighted by Crippen LogP contribution is -2.09. The minimum Gasteiger partial charge on any atom is -0.494 e. The molecule has 0 unspecified atom stereocenters. The summed E-state index contributed by atoms with van der Waals surface area (Å²) in [5, 5.41) is 0. The standard InChI is InChI=1S/C19H28Cl2O3/c1-15(2)14-24-19(22)7-5-3-4-6-8-23-18-10-16(12-20)9-17(11-18)13-21/h9-11,15H,3-8,12-14H2,1-2H3. The molecular weight excluding hydrogens is 347 g/mol. The highest BCUT2D eigenvalue weighted by atomic mass is 35.5. The molecule has 1 aromatic rings. The molecular formula is C19H28Cl2O3. The predicted molar refractivity (Wildman–Crippen MR) is 99.9 cm³/mol. The van der Waals surface area contributed by atoms with E-state index >= 15 is 0 Å². The molecule has 24 heavy (non-hydrogen) atoms. The maximum absolute atomic E-state index is 11.5. The van der Waals surface area contributed by atoms with Crippen LogP contribution in [0.25, 0.3) is 0 Å². The summed E-state index contributed by atoms with van der Waals surface area (Å²) >= 11 is 11.8. The highest BCUT2D eigenvalue weighted by Crippen LogP contribution is 2.20. The van der Waals surface area contributed by atoms with Crippen LogP contribution < -0.4 is 4.74 Å². The molecule has 0 saturated heterocycles. The number of unbranched alkanes of at least 4 members (excludes halogenated alkanes) is 3. The van der Waals surface area contributed by atoms with E-state index in [1.807, 2.05) is 32.0 Å². The van der Waals surface area contributed by atoms with Crippen molar-refractivity contribution in [3.05, 3.63) is 29.3 Å². The number of benzene rings is 1. The van der Waals surface area contributed by atoms with Crippen molar-refractivity contribution in [1.82, 2.24) is 0 Å². The largest absolute Gasteiger partial charge is 0.494 e. The van der Waals surface area contributed by atoms with Crippen LogP contribution in [0.5, 0.6) is 5.75 Å². The maximum atomic E-state index is 11.5. The zero-order chi connectivity index (χ0) is 17.8. The molecule has 0 amide bonds. The van der Waals surface area contributed by atoms with Crippen molar-refractivity contribution in [1.29, 1.82) is 0 Å². The number of hydrogen-bond acceptors (Lipinski definition) is 3. The van der Waals surface area contributed by atoms with Crippen LogP contribution in [-0.4, -0.2) is 19.2 Å². The average Bonchev–Trinajstić information content (AvgIpc) is 2.58. The summed E-state index contributed by atoms with van der Waals surface area (Å²) in [6, 6.07) is 5.90. The van der Waals surface area contributed by atoms with Crippen molar-refractivity contribution in [2.75, 3.05) is 13.2 Å². The molecule has 0 bridgehead atoms. The second-order valence-electron chi connectivity index (χ2n) is 6.34. The van der Waals surface area contributed by atoms with Gasteiger partial charge in [0, 0.05) is 18.2 Å². The van der Waals surface area contributed by atoms with Gasteiger partial charge in [-0.2, -0.15) is 0 Å². The molecule has 3 nitrogen and oxygen atoms in total. The molecule has 0 N–H and O–H groups in total. The minimum atomic E-state index is -0.0913. The first-order valence-corrected chi connectivity index (χ1v) is 9.65. The fourth-order valence-corrected chi connectivity index (χ4v) is 2.52. The molecule has 0 spiro atoms. The Morgan fingerprint density at radius 3 is 2.21 bits per heavy atom. The van der Waals surface area contributed by atoms with E-state index in [0.717, 1.165) is 42.6 Å². The fourth-order valence-electron chi connectivity index (χ4n) is 2.21. The molecule has 0 atom stereocenters. The van der Waals surface area contributed by atoms with Crippen molar-refractivity contribution in [2.24, 2.45) is 5.92 Å². The van der Waals surface area contributed by atoms with E-state index < -0.39 is 0 Å². The van der Waals surface area contributed by atoms with Crippen LogP contribution in [0.2, 0.25) is 0 Å². The fraction of sp³-hybridized carbons (Fsp3) is 0.632. The van der Waals surface area contributed by atoms with Gasteiger partial charge in [0.05, 0.1) is 13.2 Å². The van der Waals surface area contributed by atoms with Crippen LogP contribution in [0.15, 0.2) is 18.2 Å². The Bertz CT molecular complexity index is 467. The molecule has 0 aliphatic rings. The zero-order valence-electron chi connectivity index (χ0n) is 14.7. The molecule has 0 fully saturated rings. The van der Waals surface area contributed by atoms with Gasteiger partial charge in [-0.15, -0.1) is 23.2 Å². The Morgan fingerprint density at radius 2 is 1.62 bits per heavy atom. The molecule has 1 rings (SSSR count). The number of esters is 1. The molecule has 1 aromatic carbocycles. The summed E-state index contributed by atoms with van der Waals surface area (Å²) in [5.41, 5.74) is 2.04. The lowest BCUT2D eigenvalue weighted by molar-refractivity contribution is -0.144. The molecule has 0 aromatic heterocycles. The first kappa shape index (κ1) is 21.1. The van der Waals surface area contributed by atoms with Gasteiger partial charge in [-0.25, -0.2) is 0 Å². The number of alkyl halides is 2. The van der Waals surface area contributed by atoms with Gasteiger partial charge in [0.25, 0.3) is 0 Å². The Morgan fingerprint density at radius 1 is 1.00 bits per heavy atom. The molecule has 0 saturated carbocycles. The zero-order valence-corrected chi connectivity index (χ0v) is 16.2. The third-order valence-corrected chi connectivity index (χ3v) is 4.07. The maximum Gasteiger partial charge on any atom is 0.305 e. The Balaban J connectivity index is 2.13. The van der Waals surface area contributed by atoms with Crippen LogP contribution >= 0.6 is 23.2 Å². The van der Waals surface area contributed by atoms with Gasteiger partial charge in [0.15, 0.2) is 0 Å². The van der Waals surface area contributed by atoms with Crippen molar-refractivity contribution in [3.63, 3.8) is 0 Å². The first-order valence-electron chi connectivity index (χ1n) is 8.58. The van der Waals surface area contributed by atoms with Gasteiger partial charge in [0.2, 0.25) is 0 Å². The van der Waals surface area contributed by atoms with E-state index in [0.29, 0.717) is 37.3 Å². The molecule has 5 heteroatoms. The van der Waals surface area contributed by atoms with Gasteiger partial charge in [0.1, 0.15) is 5.75 Å². The Hall–Kier alpha value is -0.930. The van der Waals surface area contributed by atoms with E-state index in [9.17, 15) is 4.79 Å². The third kappa shape index (κ3) is 9.39. The SMILES string of the molecule is CC(C)COC(=O)CCCCCCOc1cc(CCl)cc(CCl)c1. The highest BCUT2D eigenvalue weighted by Gasteiger charge is 2.04. The molecule has 0 aliphatic carbocycles. The number of hydrogen-bond donors (Lipinski definition) is 0. The Kier molecular flexibility index (Phi) is 10.9. The first-order chi connectivity index (χ1) is 11.5. The van der Waals surface area contributed by atoms with E-state index in [2.05, 4.69) is 0 Å². The van der Waals surface area contributed by atoms with E-state index in [1.165, 1.54) is 0 Å². The summed E-state index contributed by atoms with van der Waals surface area (Å²) in [6.07, 6.45) is 4.38. The van der Waals surface area contributed by atoms with Crippen molar-refractivity contribution < 1.29 is 14.3 Å². The smallest absolute Gasteiger partial charge is 0.305 e. The predicted octanol–water partition coefficient (Wildman–Crippen LogP) is 5.69. The minimum absolute atomic E-state index is 0.0913. The lowest BCUT2D eigenvalue weighted by Gasteiger charge is -2.09. The summed E-state index contributed by atoms with van der Waals surface area (Å²) < 4.78 is 10.9. The molecule has 0 aliphatic heterocycles. The van der Waals surface area contributed by atoms with Gasteiger partial charge in [-0.3, -0.25) is 4.79 Å². The second kappa shape index (κ2) is 12.4. The van der Waals surface area contributed by atoms with Crippen molar-refractivity contribution >= 4 is 29.2 Å². The third-order valence-electron chi connectivity index (χ3n) is 3.46. The van der Waals surface area contributed by atoms with Crippen LogP contribution in [-0.2, 0) is 21.3 Å². The summed E-state index contributed by atoms with van der Waals surface area (Å²) in [6.45, 7) is 5.24. The number of ether oxygens (including phenoxy) is 2. The van der Waals surface area contributed by atoms with Crippen LogP contribution in [0.3, 0.4) is 0 Å². The molecule has 0 heterocycles. The van der Waals surface area contributed by atoms with Gasteiger partial charge in [-0.1, -0.05) is 32.8 Å². The average molecular weight is 375 g/mol. The summed E-state index contributed by atoms with van der Waals surface area (Å²) in [4.78, 5) is 11.5. The van der Waals surface area contributed by atoms with Gasteiger partial charge >= 0.3 is 5.97 Å². The Labute approximate surface area is 155 Å². The monoisotopic (exact) mass is 374 g/mol. The van der Waals surface area contributed by atoms with Gasteiger partial charge in [-0.05, 0) is 42.0 Å². The quantitative estimate of drug-likeness (QED) is 0.267. The van der Waals surface area contributed by atoms with E-state index in [4.69, 9.17) is 32.7 Å². The van der Waals surface area contributed by atoms with Crippen molar-refractivity contribution in [3.8, 4) is 5.75 Å². The molecule has 0 radical (unpaired) electrons. The molecule has 136 valence electrons. The van der Waals surface area contributed by atoms with Crippen molar-refractivity contribution in [2.45, 2.75) is 57.7 Å². The summed E-state index contributed by atoms with van der Waals surface area (Å²) in [7, 11) is 0. The van der Waals surface area contributed by atoms with Crippen LogP contribution in [0.4, 0.5) is 0 Å². The lowest BCUT2D eigenvalue weighted by atomic mass is 10.1. The van der Waals surface area contributed by atoms with Crippen LogP contribution in [0.1, 0.15) is 57.1 Å². The topological polar surface area (TPSA) is 35.5 Å². The number of halogens is 2. The second-order valence-corrected chi connectivity index (χ2v) is 6.88. The highest BCUT2D eigenvalue weighted by molar-refractivity contribution is 6.17. The van der Waals surface area contributed by atoms with E-state index in [-0.39, 0.29) is 5.97 Å². The van der Waals surface area contributed by atoms with Gasteiger partial charge < -0.3 is 9.47 Å². The number of rotatable bonds is 12. The number of carbonyl (C=O) groups is 1. The summed E-state index contributed by atoms with van der Waals surface area (Å²) in [5.74, 6) is 2.03. The van der Waals surface area contributed by atoms with E-state index in [1.54, 1.807) is 0 Å². The number of carbonyl (C=O) groups excluding carboxylic acids is 1. The van der Waals surface area contributed by atoms with Crippen LogP contribution in [0, 0.1) is 5.92 Å².